The van der Waals surface area contributed by atoms with Gasteiger partial charge in [0.05, 0.1) is 11.4 Å². The molecular weight excluding hydrogens is 476 g/mol. The van der Waals surface area contributed by atoms with E-state index in [0.717, 1.165) is 33.1 Å². The van der Waals surface area contributed by atoms with Crippen molar-refractivity contribution in [3.8, 4) is 5.69 Å². The van der Waals surface area contributed by atoms with E-state index >= 15 is 0 Å². The van der Waals surface area contributed by atoms with Crippen LogP contribution >= 0.6 is 11.3 Å². The number of carbonyl (C=O) groups excluding carboxylic acids is 1. The van der Waals surface area contributed by atoms with Gasteiger partial charge >= 0.3 is 0 Å². The number of fused-ring (bicyclic) bond motifs is 2. The molecular formula is C31H22N4OS. The highest BCUT2D eigenvalue weighted by Gasteiger charge is 2.17. The molecule has 0 N–H and O–H groups in total. The first-order chi connectivity index (χ1) is 18.2. The monoisotopic (exact) mass is 498 g/mol. The smallest absolute Gasteiger partial charge is 0.233 e. The number of para-hydroxylation sites is 1. The number of hydrogen-bond acceptors (Lipinski definition) is 5. The van der Waals surface area contributed by atoms with Gasteiger partial charge in [0.15, 0.2) is 5.01 Å². The maximum atomic E-state index is 13.4. The fourth-order valence-electron chi connectivity index (χ4n) is 4.22. The molecule has 6 heteroatoms. The first kappa shape index (κ1) is 22.8. The Hall–Kier alpha value is -4.68. The molecule has 0 atom stereocenters. The van der Waals surface area contributed by atoms with Gasteiger partial charge in [0.25, 0.3) is 0 Å². The number of hydrogen-bond donors (Lipinski definition) is 0. The molecule has 1 heterocycles. The van der Waals surface area contributed by atoms with Gasteiger partial charge in [-0.2, -0.15) is 10.2 Å². The van der Waals surface area contributed by atoms with Crippen LogP contribution in [0.3, 0.4) is 0 Å². The quantitative estimate of drug-likeness (QED) is 0.149. The first-order valence-corrected chi connectivity index (χ1v) is 12.7. The number of aromatic nitrogens is 2. The highest BCUT2D eigenvalue weighted by Crippen LogP contribution is 2.19. The highest BCUT2D eigenvalue weighted by atomic mass is 32.1. The molecule has 6 rings (SSSR count). The Balaban J connectivity index is 1.42. The Labute approximate surface area is 217 Å². The summed E-state index contributed by atoms with van der Waals surface area (Å²) < 4.78 is 1.68. The standard InChI is InChI=1S/C31H22N4OS/c1-21(24-17-15-22-9-5-7-11-25(22)19-24)32-33-31-35(28-13-3-2-4-14-28)34-30(37-31)29(36)27-18-16-23-10-6-8-12-26(23)20-27/h2-20H,1H3/b32-21+,33-31+. The molecule has 0 bridgehead atoms. The predicted molar refractivity (Wildman–Crippen MR) is 151 cm³/mol. The van der Waals surface area contributed by atoms with Crippen LogP contribution < -0.4 is 4.80 Å². The molecule has 0 unspecified atom stereocenters. The van der Waals surface area contributed by atoms with E-state index in [1.807, 2.05) is 97.9 Å². The lowest BCUT2D eigenvalue weighted by Crippen LogP contribution is -2.14. The van der Waals surface area contributed by atoms with Crippen molar-refractivity contribution in [1.82, 2.24) is 9.78 Å². The van der Waals surface area contributed by atoms with E-state index in [2.05, 4.69) is 39.6 Å². The van der Waals surface area contributed by atoms with E-state index in [4.69, 9.17) is 0 Å². The summed E-state index contributed by atoms with van der Waals surface area (Å²) in [6, 6.07) is 37.8. The van der Waals surface area contributed by atoms with Crippen LogP contribution in [0.2, 0.25) is 0 Å². The van der Waals surface area contributed by atoms with E-state index in [1.165, 1.54) is 16.7 Å². The molecule has 0 saturated carbocycles. The largest absolute Gasteiger partial charge is 0.286 e. The highest BCUT2D eigenvalue weighted by molar-refractivity contribution is 7.11. The van der Waals surface area contributed by atoms with Gasteiger partial charge in [-0.15, -0.1) is 5.10 Å². The Morgan fingerprint density at radius 2 is 1.27 bits per heavy atom. The number of carbonyl (C=O) groups is 1. The van der Waals surface area contributed by atoms with Crippen molar-refractivity contribution in [2.24, 2.45) is 10.2 Å². The van der Waals surface area contributed by atoms with Gasteiger partial charge in [-0.3, -0.25) is 4.79 Å². The van der Waals surface area contributed by atoms with Crippen LogP contribution in [-0.2, 0) is 0 Å². The summed E-state index contributed by atoms with van der Waals surface area (Å²) in [5, 5.41) is 18.5. The van der Waals surface area contributed by atoms with Crippen molar-refractivity contribution in [3.05, 3.63) is 136 Å². The molecule has 5 aromatic carbocycles. The molecule has 0 radical (unpaired) electrons. The second-order valence-electron chi connectivity index (χ2n) is 8.68. The number of ketones is 1. The molecule has 0 aliphatic rings. The summed E-state index contributed by atoms with van der Waals surface area (Å²) in [4.78, 5) is 14.0. The molecule has 0 saturated heterocycles. The van der Waals surface area contributed by atoms with Gasteiger partial charge in [0.2, 0.25) is 10.6 Å². The van der Waals surface area contributed by atoms with E-state index in [1.54, 1.807) is 4.68 Å². The van der Waals surface area contributed by atoms with Crippen molar-refractivity contribution in [3.63, 3.8) is 0 Å². The second kappa shape index (κ2) is 9.76. The Kier molecular flexibility index (Phi) is 6.00. The van der Waals surface area contributed by atoms with Crippen molar-refractivity contribution in [1.29, 1.82) is 0 Å². The molecule has 178 valence electrons. The van der Waals surface area contributed by atoms with Gasteiger partial charge in [0.1, 0.15) is 0 Å². The molecule has 37 heavy (non-hydrogen) atoms. The van der Waals surface area contributed by atoms with Gasteiger partial charge < -0.3 is 0 Å². The van der Waals surface area contributed by atoms with Crippen LogP contribution in [0, 0.1) is 0 Å². The zero-order chi connectivity index (χ0) is 25.2. The number of benzene rings is 5. The summed E-state index contributed by atoms with van der Waals surface area (Å²) in [6.07, 6.45) is 0. The van der Waals surface area contributed by atoms with Gasteiger partial charge in [0, 0.05) is 5.56 Å². The topological polar surface area (TPSA) is 59.6 Å². The SMILES string of the molecule is C/C(=N\N=c1\sc(C(=O)c2ccc3ccccc3c2)nn1-c1ccccc1)c1ccc2ccccc2c1. The summed E-state index contributed by atoms with van der Waals surface area (Å²) in [7, 11) is 0. The van der Waals surface area contributed by atoms with Crippen molar-refractivity contribution < 1.29 is 4.79 Å². The average Bonchev–Trinajstić information content (AvgIpc) is 3.39. The van der Waals surface area contributed by atoms with E-state index in [0.29, 0.717) is 15.4 Å². The molecule has 0 amide bonds. The summed E-state index contributed by atoms with van der Waals surface area (Å²) in [6.45, 7) is 1.93. The first-order valence-electron chi connectivity index (χ1n) is 11.9. The third kappa shape index (κ3) is 4.62. The van der Waals surface area contributed by atoms with Crippen molar-refractivity contribution >= 4 is 44.4 Å². The van der Waals surface area contributed by atoms with Gasteiger partial charge in [-0.1, -0.05) is 102 Å². The van der Waals surface area contributed by atoms with Crippen molar-refractivity contribution in [2.45, 2.75) is 6.92 Å². The van der Waals surface area contributed by atoms with E-state index in [-0.39, 0.29) is 5.78 Å². The predicted octanol–water partition coefficient (Wildman–Crippen LogP) is 6.80. The minimum atomic E-state index is -0.142. The lowest BCUT2D eigenvalue weighted by atomic mass is 10.0. The Morgan fingerprint density at radius 3 is 1.95 bits per heavy atom. The van der Waals surface area contributed by atoms with Crippen LogP contribution in [0.25, 0.3) is 27.2 Å². The minimum absolute atomic E-state index is 0.142. The van der Waals surface area contributed by atoms with Crippen LogP contribution in [0.1, 0.15) is 27.9 Å². The van der Waals surface area contributed by atoms with Gasteiger partial charge in [-0.25, -0.2) is 4.68 Å². The lowest BCUT2D eigenvalue weighted by Gasteiger charge is -2.02. The fraction of sp³-hybridized carbons (Fsp3) is 0.0323. The maximum absolute atomic E-state index is 13.4. The van der Waals surface area contributed by atoms with E-state index in [9.17, 15) is 4.79 Å². The van der Waals surface area contributed by atoms with Crippen LogP contribution in [-0.4, -0.2) is 21.3 Å². The molecule has 5 nitrogen and oxygen atoms in total. The number of rotatable bonds is 5. The minimum Gasteiger partial charge on any atom is -0.286 e. The molecule has 0 aliphatic heterocycles. The van der Waals surface area contributed by atoms with Crippen LogP contribution in [0.5, 0.6) is 0 Å². The third-order valence-corrected chi connectivity index (χ3v) is 7.12. The Bertz CT molecular complexity index is 1870. The molecule has 0 aliphatic carbocycles. The molecule has 6 aromatic rings. The Morgan fingerprint density at radius 1 is 0.703 bits per heavy atom. The van der Waals surface area contributed by atoms with Gasteiger partial charge in [-0.05, 0) is 58.3 Å². The summed E-state index contributed by atoms with van der Waals surface area (Å²) >= 11 is 1.23. The second-order valence-corrected chi connectivity index (χ2v) is 9.63. The molecule has 0 fully saturated rings. The summed E-state index contributed by atoms with van der Waals surface area (Å²) in [5.41, 5.74) is 3.18. The normalized spacial score (nSPS) is 12.4. The molecule has 1 aromatic heterocycles. The van der Waals surface area contributed by atoms with E-state index < -0.39 is 0 Å². The van der Waals surface area contributed by atoms with Crippen LogP contribution in [0.4, 0.5) is 0 Å². The number of nitrogens with zero attached hydrogens (tertiary/aromatic N) is 4. The zero-order valence-corrected chi connectivity index (χ0v) is 20.9. The lowest BCUT2D eigenvalue weighted by molar-refractivity contribution is 0.103. The molecule has 0 spiro atoms. The maximum Gasteiger partial charge on any atom is 0.233 e. The van der Waals surface area contributed by atoms with Crippen LogP contribution in [0.15, 0.2) is 125 Å². The summed E-state index contributed by atoms with van der Waals surface area (Å²) in [5.74, 6) is -0.142. The fourth-order valence-corrected chi connectivity index (χ4v) is 5.04. The average molecular weight is 499 g/mol. The third-order valence-electron chi connectivity index (χ3n) is 6.22. The van der Waals surface area contributed by atoms with Crippen molar-refractivity contribution in [2.75, 3.05) is 0 Å². The zero-order valence-electron chi connectivity index (χ0n) is 20.1.